The lowest BCUT2D eigenvalue weighted by Gasteiger charge is -2.22. The van der Waals surface area contributed by atoms with Gasteiger partial charge in [0.15, 0.2) is 11.5 Å². The molecule has 0 fully saturated rings. The second-order valence-electron chi connectivity index (χ2n) is 7.95. The van der Waals surface area contributed by atoms with Gasteiger partial charge in [0.25, 0.3) is 0 Å². The third kappa shape index (κ3) is 3.18. The summed E-state index contributed by atoms with van der Waals surface area (Å²) in [4.78, 5) is 12.3. The highest BCUT2D eigenvalue weighted by atomic mass is 32.1. The van der Waals surface area contributed by atoms with Crippen molar-refractivity contribution in [3.8, 4) is 11.5 Å². The molecule has 2 heterocycles. The van der Waals surface area contributed by atoms with Crippen molar-refractivity contribution in [1.82, 2.24) is 0 Å². The molecular weight excluding hydrogens is 308 g/mol. The minimum absolute atomic E-state index is 0.0467. The van der Waals surface area contributed by atoms with Crippen LogP contribution < -0.4 is 18.5 Å². The zero-order valence-electron chi connectivity index (χ0n) is 15.5. The van der Waals surface area contributed by atoms with Crippen molar-refractivity contribution in [3.05, 3.63) is 9.06 Å². The van der Waals surface area contributed by atoms with Crippen LogP contribution in [0.1, 0.15) is 61.8 Å². The minimum atomic E-state index is -0.248. The summed E-state index contributed by atoms with van der Waals surface area (Å²) in [6.07, 6.45) is 0.946. The van der Waals surface area contributed by atoms with E-state index in [9.17, 15) is 4.79 Å². The molecule has 4 heteroatoms. The molecule has 1 aromatic heterocycles. The summed E-state index contributed by atoms with van der Waals surface area (Å²) < 4.78 is 13.6. The molecule has 0 bridgehead atoms. The molecule has 1 aliphatic rings. The van der Waals surface area contributed by atoms with Gasteiger partial charge in [0.1, 0.15) is 0 Å². The Bertz CT molecular complexity index is 739. The van der Waals surface area contributed by atoms with E-state index < -0.39 is 0 Å². The maximum absolute atomic E-state index is 12.3. The molecule has 23 heavy (non-hydrogen) atoms. The summed E-state index contributed by atoms with van der Waals surface area (Å²) in [5.41, 5.74) is 1.89. The normalized spacial score (nSPS) is 16.3. The molecule has 0 saturated carbocycles. The van der Waals surface area contributed by atoms with Gasteiger partial charge in [-0.15, -0.1) is 11.3 Å². The first-order valence-electron chi connectivity index (χ1n) is 8.28. The van der Waals surface area contributed by atoms with Gasteiger partial charge in [-0.25, -0.2) is 4.79 Å². The summed E-state index contributed by atoms with van der Waals surface area (Å²) in [6.45, 7) is 17.5. The Morgan fingerprint density at radius 1 is 1.13 bits per heavy atom. The summed E-state index contributed by atoms with van der Waals surface area (Å²) in [5, 5.41) is 0. The first kappa shape index (κ1) is 18.1. The fraction of sp³-hybridized carbons (Fsp3) is 0.632. The molecule has 0 saturated heterocycles. The van der Waals surface area contributed by atoms with Gasteiger partial charge in [-0.1, -0.05) is 48.5 Å². The third-order valence-corrected chi connectivity index (χ3v) is 5.25. The minimum Gasteiger partial charge on any atom is -0.488 e. The second kappa shape index (κ2) is 5.97. The van der Waals surface area contributed by atoms with Crippen molar-refractivity contribution in [1.29, 1.82) is 0 Å². The number of esters is 1. The van der Waals surface area contributed by atoms with Crippen LogP contribution in [0.2, 0.25) is 0 Å². The number of ether oxygens (including phenoxy) is 2. The Kier molecular flexibility index (Phi) is 4.69. The fourth-order valence-electron chi connectivity index (χ4n) is 3.05. The maximum Gasteiger partial charge on any atom is 0.341 e. The van der Waals surface area contributed by atoms with Gasteiger partial charge in [0.2, 0.25) is 0 Å². The molecule has 0 aromatic carbocycles. The van der Waals surface area contributed by atoms with E-state index in [2.05, 4.69) is 27.7 Å². The molecule has 0 amide bonds. The molecule has 1 aliphatic heterocycles. The van der Waals surface area contributed by atoms with Gasteiger partial charge < -0.3 is 9.47 Å². The summed E-state index contributed by atoms with van der Waals surface area (Å²) in [7, 11) is 0. The quantitative estimate of drug-likeness (QED) is 0.786. The lowest BCUT2D eigenvalue weighted by Crippen LogP contribution is -2.21. The lowest BCUT2D eigenvalue weighted by atomic mass is 9.85. The third-order valence-electron chi connectivity index (χ3n) is 4.02. The summed E-state index contributed by atoms with van der Waals surface area (Å²) >= 11 is 1.64. The standard InChI is InChI=1S/C19H28O3S/c1-9-11(18(3,4)5)15-13(21-10-2)14-16(23-15)12(17(20)22-14)19(6,7)8/h9-10H2,1-8H3. The number of thiophene rings is 1. The summed E-state index contributed by atoms with van der Waals surface area (Å²) in [6, 6.07) is 0. The van der Waals surface area contributed by atoms with E-state index in [1.165, 1.54) is 5.57 Å². The van der Waals surface area contributed by atoms with Gasteiger partial charge in [0, 0.05) is 0 Å². The van der Waals surface area contributed by atoms with E-state index in [-0.39, 0.29) is 16.8 Å². The first-order chi connectivity index (χ1) is 10.5. The average molecular weight is 336 g/mol. The van der Waals surface area contributed by atoms with Gasteiger partial charge in [0.05, 0.1) is 21.2 Å². The summed E-state index contributed by atoms with van der Waals surface area (Å²) in [5.74, 6) is 1.13. The Balaban J connectivity index is 2.95. The van der Waals surface area contributed by atoms with Crippen molar-refractivity contribution in [2.24, 2.45) is 10.8 Å². The van der Waals surface area contributed by atoms with E-state index in [0.717, 1.165) is 26.8 Å². The van der Waals surface area contributed by atoms with Crippen molar-refractivity contribution < 1.29 is 14.3 Å². The molecule has 0 aliphatic carbocycles. The van der Waals surface area contributed by atoms with E-state index >= 15 is 0 Å². The Hall–Kier alpha value is -1.29. The molecule has 128 valence electrons. The molecule has 1 aromatic rings. The SMILES string of the molecule is CCOc1c2c(sc1=C(CC)C(C)(C)C)=C(C(C)(C)C)C(=O)O2. The molecule has 3 nitrogen and oxygen atoms in total. The van der Waals surface area contributed by atoms with Crippen molar-refractivity contribution >= 4 is 28.5 Å². The maximum atomic E-state index is 12.3. The van der Waals surface area contributed by atoms with Gasteiger partial charge in [-0.3, -0.25) is 0 Å². The van der Waals surface area contributed by atoms with Crippen molar-refractivity contribution in [2.45, 2.75) is 61.8 Å². The van der Waals surface area contributed by atoms with Crippen LogP contribution in [0.4, 0.5) is 0 Å². The second-order valence-corrected chi connectivity index (χ2v) is 8.97. The van der Waals surface area contributed by atoms with E-state index in [1.54, 1.807) is 11.3 Å². The van der Waals surface area contributed by atoms with E-state index in [1.807, 2.05) is 27.7 Å². The number of fused-ring (bicyclic) bond motifs is 1. The van der Waals surface area contributed by atoms with E-state index in [4.69, 9.17) is 9.47 Å². The number of rotatable bonds is 3. The number of carbonyl (C=O) groups is 1. The molecule has 0 N–H and O–H groups in total. The smallest absolute Gasteiger partial charge is 0.341 e. The van der Waals surface area contributed by atoms with Crippen LogP contribution in [0.15, 0.2) is 0 Å². The zero-order chi connectivity index (χ0) is 17.6. The highest BCUT2D eigenvalue weighted by molar-refractivity contribution is 7.08. The molecule has 0 radical (unpaired) electrons. The molecule has 0 spiro atoms. The van der Waals surface area contributed by atoms with Gasteiger partial charge >= 0.3 is 5.97 Å². The monoisotopic (exact) mass is 336 g/mol. The van der Waals surface area contributed by atoms with Crippen LogP contribution in [0.25, 0.3) is 11.1 Å². The molecular formula is C19H28O3S. The molecule has 0 unspecified atom stereocenters. The number of carbonyl (C=O) groups excluding carboxylic acids is 1. The highest BCUT2D eigenvalue weighted by Gasteiger charge is 2.36. The van der Waals surface area contributed by atoms with Crippen LogP contribution in [0.5, 0.6) is 11.5 Å². The molecule has 2 rings (SSSR count). The Morgan fingerprint density at radius 3 is 2.17 bits per heavy atom. The van der Waals surface area contributed by atoms with Crippen LogP contribution in [-0.2, 0) is 4.79 Å². The fourth-order valence-corrected chi connectivity index (χ4v) is 4.79. The van der Waals surface area contributed by atoms with Gasteiger partial charge in [-0.2, -0.15) is 0 Å². The Labute approximate surface area is 143 Å². The van der Waals surface area contributed by atoms with E-state index in [0.29, 0.717) is 12.4 Å². The zero-order valence-corrected chi connectivity index (χ0v) is 16.4. The highest BCUT2D eigenvalue weighted by Crippen LogP contribution is 2.38. The largest absolute Gasteiger partial charge is 0.488 e. The van der Waals surface area contributed by atoms with Crippen LogP contribution in [0, 0.1) is 10.8 Å². The van der Waals surface area contributed by atoms with Crippen LogP contribution in [0.3, 0.4) is 0 Å². The number of hydrogen-bond donors (Lipinski definition) is 0. The predicted molar refractivity (Wildman–Crippen MR) is 96.4 cm³/mol. The van der Waals surface area contributed by atoms with Crippen molar-refractivity contribution in [3.63, 3.8) is 0 Å². The predicted octanol–water partition coefficient (Wildman–Crippen LogP) is 3.87. The van der Waals surface area contributed by atoms with Crippen LogP contribution >= 0.6 is 11.3 Å². The van der Waals surface area contributed by atoms with Crippen LogP contribution in [-0.4, -0.2) is 12.6 Å². The lowest BCUT2D eigenvalue weighted by molar-refractivity contribution is -0.128. The van der Waals surface area contributed by atoms with Crippen molar-refractivity contribution in [2.75, 3.05) is 6.61 Å². The van der Waals surface area contributed by atoms with Gasteiger partial charge in [-0.05, 0) is 29.7 Å². The average Bonchev–Trinajstić information content (AvgIpc) is 2.84. The number of hydrogen-bond acceptors (Lipinski definition) is 4. The molecule has 0 atom stereocenters. The topological polar surface area (TPSA) is 35.5 Å². The Morgan fingerprint density at radius 2 is 1.74 bits per heavy atom. The first-order valence-corrected chi connectivity index (χ1v) is 9.10.